The highest BCUT2D eigenvalue weighted by molar-refractivity contribution is 5.88. The van der Waals surface area contributed by atoms with E-state index in [1.54, 1.807) is 0 Å². The summed E-state index contributed by atoms with van der Waals surface area (Å²) in [7, 11) is 0. The largest absolute Gasteiger partial charge is 0.393 e. The number of carbonyl (C=O) groups is 2. The van der Waals surface area contributed by atoms with Gasteiger partial charge in [-0.15, -0.1) is 0 Å². The summed E-state index contributed by atoms with van der Waals surface area (Å²) in [4.78, 5) is 21.8. The summed E-state index contributed by atoms with van der Waals surface area (Å²) in [5.41, 5.74) is 1.78. The number of hydrogen-bond acceptors (Lipinski definition) is 3. The van der Waals surface area contributed by atoms with Crippen molar-refractivity contribution < 1.29 is 14.7 Å². The minimum absolute atomic E-state index is 0.00510. The highest BCUT2D eigenvalue weighted by Gasteiger charge is 2.07. The summed E-state index contributed by atoms with van der Waals surface area (Å²) in [5, 5.41) is 12.3. The monoisotopic (exact) mass is 249 g/mol. The third-order valence-electron chi connectivity index (χ3n) is 2.54. The van der Waals surface area contributed by atoms with Gasteiger partial charge >= 0.3 is 0 Å². The molecule has 2 N–H and O–H groups in total. The second kappa shape index (κ2) is 6.91. The predicted octanol–water partition coefficient (Wildman–Crippen LogP) is 1.92. The van der Waals surface area contributed by atoms with Gasteiger partial charge in [-0.1, -0.05) is 12.1 Å². The molecule has 1 rings (SSSR count). The zero-order valence-corrected chi connectivity index (χ0v) is 10.8. The lowest BCUT2D eigenvalue weighted by Crippen LogP contribution is -2.12. The van der Waals surface area contributed by atoms with E-state index in [0.29, 0.717) is 12.8 Å². The van der Waals surface area contributed by atoms with Crippen molar-refractivity contribution in [2.75, 3.05) is 5.32 Å². The Morgan fingerprint density at radius 1 is 1.33 bits per heavy atom. The molecule has 1 amide bonds. The van der Waals surface area contributed by atoms with Crippen molar-refractivity contribution in [1.82, 2.24) is 0 Å². The number of aliphatic hydroxyl groups excluding tert-OH is 1. The molecule has 1 aromatic rings. The van der Waals surface area contributed by atoms with Crippen LogP contribution >= 0.6 is 0 Å². The first-order chi connectivity index (χ1) is 8.47. The fraction of sp³-hybridized carbons (Fsp3) is 0.429. The lowest BCUT2D eigenvalue weighted by Gasteiger charge is -2.09. The van der Waals surface area contributed by atoms with E-state index < -0.39 is 6.10 Å². The molecule has 0 saturated carbocycles. The van der Waals surface area contributed by atoms with Crippen molar-refractivity contribution in [3.63, 3.8) is 0 Å². The van der Waals surface area contributed by atoms with Crippen LogP contribution in [0.15, 0.2) is 24.3 Å². The number of Topliss-reactive ketones (excluding diaryl/α,β-unsaturated/α-hetero) is 1. The average Bonchev–Trinajstić information content (AvgIpc) is 2.25. The molecule has 1 aromatic carbocycles. The third-order valence-corrected chi connectivity index (χ3v) is 2.54. The van der Waals surface area contributed by atoms with Gasteiger partial charge in [0.05, 0.1) is 6.10 Å². The smallest absolute Gasteiger partial charge is 0.221 e. The predicted molar refractivity (Wildman–Crippen MR) is 70.4 cm³/mol. The first-order valence-electron chi connectivity index (χ1n) is 6.01. The summed E-state index contributed by atoms with van der Waals surface area (Å²) >= 11 is 0. The maximum Gasteiger partial charge on any atom is 0.221 e. The minimum atomic E-state index is -0.591. The van der Waals surface area contributed by atoms with Gasteiger partial charge in [0.15, 0.2) is 0 Å². The van der Waals surface area contributed by atoms with Crippen molar-refractivity contribution in [3.05, 3.63) is 29.8 Å². The van der Waals surface area contributed by atoms with Gasteiger partial charge in [0.25, 0.3) is 0 Å². The van der Waals surface area contributed by atoms with Gasteiger partial charge in [-0.2, -0.15) is 0 Å². The summed E-state index contributed by atoms with van der Waals surface area (Å²) in [6.45, 7) is 2.93. The van der Waals surface area contributed by atoms with Crippen LogP contribution in [0.4, 0.5) is 5.69 Å². The number of hydrogen-bond donors (Lipinski definition) is 2. The van der Waals surface area contributed by atoms with Crippen LogP contribution in [-0.4, -0.2) is 22.9 Å². The molecule has 1 atom stereocenters. The Morgan fingerprint density at radius 2 is 2.06 bits per heavy atom. The second-order valence-corrected chi connectivity index (χ2v) is 4.48. The first-order valence-corrected chi connectivity index (χ1v) is 6.01. The lowest BCUT2D eigenvalue weighted by molar-refractivity contribution is -0.119. The number of rotatable bonds is 6. The van der Waals surface area contributed by atoms with Crippen molar-refractivity contribution in [3.8, 4) is 0 Å². The number of ketones is 1. The summed E-state index contributed by atoms with van der Waals surface area (Å²) in [6, 6.07) is 7.49. The third kappa shape index (κ3) is 5.59. The van der Waals surface area contributed by atoms with E-state index in [4.69, 9.17) is 0 Å². The number of nitrogens with one attached hydrogen (secondary N) is 1. The highest BCUT2D eigenvalue weighted by Crippen LogP contribution is 2.13. The molecule has 4 nitrogen and oxygen atoms in total. The van der Waals surface area contributed by atoms with Crippen LogP contribution in [-0.2, 0) is 16.0 Å². The first kappa shape index (κ1) is 14.4. The SMILES string of the molecule is CC(=O)CC(O)CCc1cccc(NC(C)=O)c1. The number of aryl methyl sites for hydroxylation is 1. The van der Waals surface area contributed by atoms with Crippen LogP contribution in [0, 0.1) is 0 Å². The molecule has 0 radical (unpaired) electrons. The Labute approximate surface area is 107 Å². The van der Waals surface area contributed by atoms with Gasteiger partial charge in [-0.3, -0.25) is 9.59 Å². The highest BCUT2D eigenvalue weighted by atomic mass is 16.3. The number of amides is 1. The van der Waals surface area contributed by atoms with Crippen LogP contribution in [0.5, 0.6) is 0 Å². The Hall–Kier alpha value is -1.68. The fourth-order valence-electron chi connectivity index (χ4n) is 1.78. The van der Waals surface area contributed by atoms with Crippen molar-refractivity contribution in [2.45, 2.75) is 39.2 Å². The van der Waals surface area contributed by atoms with Gasteiger partial charge in [-0.05, 0) is 37.5 Å². The standard InChI is InChI=1S/C14H19NO3/c1-10(16)8-14(18)7-6-12-4-3-5-13(9-12)15-11(2)17/h3-5,9,14,18H,6-8H2,1-2H3,(H,15,17). The molecule has 1 unspecified atom stereocenters. The second-order valence-electron chi connectivity index (χ2n) is 4.48. The van der Waals surface area contributed by atoms with Gasteiger partial charge in [-0.25, -0.2) is 0 Å². The Bertz CT molecular complexity index is 429. The maximum absolute atomic E-state index is 10.9. The Morgan fingerprint density at radius 3 is 2.67 bits per heavy atom. The van der Waals surface area contributed by atoms with Crippen LogP contribution in [0.25, 0.3) is 0 Å². The lowest BCUT2D eigenvalue weighted by atomic mass is 10.0. The molecule has 98 valence electrons. The molecular formula is C14H19NO3. The molecule has 0 aliphatic carbocycles. The number of anilines is 1. The van der Waals surface area contributed by atoms with Crippen molar-refractivity contribution in [1.29, 1.82) is 0 Å². The Balaban J connectivity index is 2.51. The van der Waals surface area contributed by atoms with Gasteiger partial charge in [0.2, 0.25) is 5.91 Å². The molecule has 4 heteroatoms. The topological polar surface area (TPSA) is 66.4 Å². The normalized spacial score (nSPS) is 11.9. The zero-order valence-electron chi connectivity index (χ0n) is 10.8. The van der Waals surface area contributed by atoms with Gasteiger partial charge in [0.1, 0.15) is 5.78 Å². The van der Waals surface area contributed by atoms with Crippen LogP contribution in [0.3, 0.4) is 0 Å². The molecule has 0 heterocycles. The number of aliphatic hydroxyl groups is 1. The molecule has 0 aliphatic rings. The van der Waals surface area contributed by atoms with E-state index in [2.05, 4.69) is 5.32 Å². The summed E-state index contributed by atoms with van der Waals surface area (Å²) in [6.07, 6.45) is 0.836. The van der Waals surface area contributed by atoms with Crippen LogP contribution in [0.2, 0.25) is 0 Å². The number of carbonyl (C=O) groups excluding carboxylic acids is 2. The van der Waals surface area contributed by atoms with E-state index in [0.717, 1.165) is 11.3 Å². The van der Waals surface area contributed by atoms with E-state index >= 15 is 0 Å². The molecular weight excluding hydrogens is 230 g/mol. The van der Waals surface area contributed by atoms with Gasteiger partial charge in [0, 0.05) is 19.0 Å². The molecule has 0 saturated heterocycles. The zero-order chi connectivity index (χ0) is 13.5. The van der Waals surface area contributed by atoms with Crippen molar-refractivity contribution >= 4 is 17.4 Å². The summed E-state index contributed by atoms with van der Waals surface area (Å²) < 4.78 is 0. The molecule has 0 aromatic heterocycles. The van der Waals surface area contributed by atoms with E-state index in [1.807, 2.05) is 24.3 Å². The van der Waals surface area contributed by atoms with Gasteiger partial charge < -0.3 is 10.4 Å². The molecule has 0 spiro atoms. The van der Waals surface area contributed by atoms with Crippen LogP contribution in [0.1, 0.15) is 32.3 Å². The molecule has 18 heavy (non-hydrogen) atoms. The van der Waals surface area contributed by atoms with E-state index in [9.17, 15) is 14.7 Å². The summed E-state index contributed by atoms with van der Waals surface area (Å²) in [5.74, 6) is -0.113. The number of benzene rings is 1. The van der Waals surface area contributed by atoms with E-state index in [1.165, 1.54) is 13.8 Å². The Kier molecular flexibility index (Phi) is 5.52. The quantitative estimate of drug-likeness (QED) is 0.809. The van der Waals surface area contributed by atoms with E-state index in [-0.39, 0.29) is 18.1 Å². The fourth-order valence-corrected chi connectivity index (χ4v) is 1.78. The minimum Gasteiger partial charge on any atom is -0.393 e. The molecule has 0 fully saturated rings. The van der Waals surface area contributed by atoms with Crippen molar-refractivity contribution in [2.24, 2.45) is 0 Å². The molecule has 0 bridgehead atoms. The average molecular weight is 249 g/mol. The maximum atomic E-state index is 10.9. The molecule has 0 aliphatic heterocycles. The van der Waals surface area contributed by atoms with Crippen LogP contribution < -0.4 is 5.32 Å².